The molecule has 0 aliphatic carbocycles. The van der Waals surface area contributed by atoms with Gasteiger partial charge in [0.1, 0.15) is 0 Å². The van der Waals surface area contributed by atoms with Crippen molar-refractivity contribution in [1.82, 2.24) is 0 Å². The van der Waals surface area contributed by atoms with Crippen LogP contribution in [0.15, 0.2) is 84.1 Å². The molecule has 0 fully saturated rings. The van der Waals surface area contributed by atoms with Gasteiger partial charge in [0.2, 0.25) is 0 Å². The van der Waals surface area contributed by atoms with E-state index in [1.165, 1.54) is 0 Å². The fourth-order valence-corrected chi connectivity index (χ4v) is 1.48. The minimum Gasteiger partial charge on any atom is -0.257 e. The lowest BCUT2D eigenvalue weighted by atomic mass is 10.1. The van der Waals surface area contributed by atoms with Crippen molar-refractivity contribution in [2.45, 2.75) is 13.8 Å². The molecular weight excluding hydrogens is 218 g/mol. The van der Waals surface area contributed by atoms with Crippen molar-refractivity contribution in [3.8, 4) is 0 Å². The van der Waals surface area contributed by atoms with Gasteiger partial charge in [-0.1, -0.05) is 61.2 Å². The van der Waals surface area contributed by atoms with E-state index in [4.69, 9.17) is 0 Å². The van der Waals surface area contributed by atoms with E-state index in [9.17, 15) is 0 Å². The van der Waals surface area contributed by atoms with Gasteiger partial charge in [0.05, 0.1) is 5.71 Å². The van der Waals surface area contributed by atoms with Crippen LogP contribution in [0.25, 0.3) is 0 Å². The van der Waals surface area contributed by atoms with Gasteiger partial charge in [0.25, 0.3) is 0 Å². The molecule has 1 aromatic carbocycles. The molecule has 0 aliphatic rings. The third-order valence-electron chi connectivity index (χ3n) is 2.33. The second kappa shape index (κ2) is 8.02. The van der Waals surface area contributed by atoms with Crippen LogP contribution in [0, 0.1) is 0 Å². The maximum atomic E-state index is 4.31. The Balaban J connectivity index is 2.98. The van der Waals surface area contributed by atoms with Crippen molar-refractivity contribution in [3.63, 3.8) is 0 Å². The summed E-state index contributed by atoms with van der Waals surface area (Å²) in [6.45, 7) is 7.72. The quantitative estimate of drug-likeness (QED) is 0.520. The predicted molar refractivity (Wildman–Crippen MR) is 80.9 cm³/mol. The summed E-state index contributed by atoms with van der Waals surface area (Å²) in [6, 6.07) is 10.1. The van der Waals surface area contributed by atoms with Crippen LogP contribution in [0.4, 0.5) is 0 Å². The van der Waals surface area contributed by atoms with E-state index in [-0.39, 0.29) is 0 Å². The van der Waals surface area contributed by atoms with Gasteiger partial charge in [-0.05, 0) is 25.5 Å². The molecule has 0 saturated carbocycles. The lowest BCUT2D eigenvalue weighted by Gasteiger charge is -2.01. The van der Waals surface area contributed by atoms with E-state index < -0.39 is 0 Å². The van der Waals surface area contributed by atoms with Crippen LogP contribution in [0.1, 0.15) is 19.4 Å². The Hall–Kier alpha value is -2.15. The zero-order valence-corrected chi connectivity index (χ0v) is 11.0. The van der Waals surface area contributed by atoms with Gasteiger partial charge in [-0.15, -0.1) is 0 Å². The first-order valence-electron chi connectivity index (χ1n) is 5.99. The maximum absolute atomic E-state index is 4.31. The summed E-state index contributed by atoms with van der Waals surface area (Å²) in [6.07, 6.45) is 11.7. The Kier molecular flexibility index (Phi) is 6.20. The molecule has 0 atom stereocenters. The minimum atomic E-state index is 0.924. The summed E-state index contributed by atoms with van der Waals surface area (Å²) < 4.78 is 0. The summed E-state index contributed by atoms with van der Waals surface area (Å²) in [4.78, 5) is 4.31. The Morgan fingerprint density at radius 3 is 2.50 bits per heavy atom. The average molecular weight is 237 g/mol. The Labute approximate surface area is 110 Å². The number of hydrogen-bond acceptors (Lipinski definition) is 1. The summed E-state index contributed by atoms with van der Waals surface area (Å²) in [5.74, 6) is 0. The first-order chi connectivity index (χ1) is 8.77. The number of hydrogen-bond donors (Lipinski definition) is 0. The van der Waals surface area contributed by atoms with Gasteiger partial charge in [-0.3, -0.25) is 4.99 Å². The van der Waals surface area contributed by atoms with Crippen LogP contribution in [0.2, 0.25) is 0 Å². The van der Waals surface area contributed by atoms with Crippen molar-refractivity contribution >= 4 is 5.71 Å². The van der Waals surface area contributed by atoms with Crippen molar-refractivity contribution in [3.05, 3.63) is 84.6 Å². The van der Waals surface area contributed by atoms with Gasteiger partial charge in [-0.2, -0.15) is 0 Å². The fraction of sp³-hybridized carbons (Fsp3) is 0.118. The molecule has 1 aromatic rings. The van der Waals surface area contributed by atoms with Crippen LogP contribution >= 0.6 is 0 Å². The van der Waals surface area contributed by atoms with E-state index >= 15 is 0 Å². The molecule has 1 rings (SSSR count). The Bertz CT molecular complexity index is 488. The molecule has 0 heterocycles. The number of aliphatic imine (C=N–C) groups is 1. The number of benzene rings is 1. The highest BCUT2D eigenvalue weighted by Crippen LogP contribution is 2.06. The van der Waals surface area contributed by atoms with Gasteiger partial charge < -0.3 is 0 Å². The first-order valence-corrected chi connectivity index (χ1v) is 5.99. The molecule has 0 aromatic heterocycles. The molecule has 0 aliphatic heterocycles. The molecule has 18 heavy (non-hydrogen) atoms. The van der Waals surface area contributed by atoms with E-state index in [1.54, 1.807) is 6.20 Å². The number of allylic oxidation sites excluding steroid dienone is 6. The third kappa shape index (κ3) is 4.79. The van der Waals surface area contributed by atoms with Crippen LogP contribution in [0.3, 0.4) is 0 Å². The molecule has 0 saturated heterocycles. The molecule has 0 bridgehead atoms. The number of nitrogens with zero attached hydrogens (tertiary/aromatic N) is 1. The first kappa shape index (κ1) is 13.9. The standard InChI is InChI=1S/C17H19N/c1-4-6-8-11-15(3)14-17(18-5-2)16-12-9-7-10-13-16/h4-14H,2H2,1,3H3/b6-4-,11-8-,15-14+,18-17?. The Morgan fingerprint density at radius 2 is 1.89 bits per heavy atom. The Morgan fingerprint density at radius 1 is 1.17 bits per heavy atom. The predicted octanol–water partition coefficient (Wildman–Crippen LogP) is 4.70. The highest BCUT2D eigenvalue weighted by atomic mass is 14.7. The van der Waals surface area contributed by atoms with Gasteiger partial charge >= 0.3 is 0 Å². The van der Waals surface area contributed by atoms with Crippen molar-refractivity contribution in [2.24, 2.45) is 4.99 Å². The highest BCUT2D eigenvalue weighted by molar-refractivity contribution is 6.09. The number of rotatable bonds is 5. The lowest BCUT2D eigenvalue weighted by Crippen LogP contribution is -1.96. The van der Waals surface area contributed by atoms with E-state index in [1.807, 2.05) is 55.5 Å². The van der Waals surface area contributed by atoms with Gasteiger partial charge in [-0.25, -0.2) is 0 Å². The molecule has 0 amide bonds. The zero-order valence-electron chi connectivity index (χ0n) is 11.0. The molecule has 0 radical (unpaired) electrons. The van der Waals surface area contributed by atoms with Crippen molar-refractivity contribution in [1.29, 1.82) is 0 Å². The van der Waals surface area contributed by atoms with Crippen molar-refractivity contribution < 1.29 is 0 Å². The lowest BCUT2D eigenvalue weighted by molar-refractivity contribution is 1.49. The highest BCUT2D eigenvalue weighted by Gasteiger charge is 1.98. The second-order valence-corrected chi connectivity index (χ2v) is 3.84. The third-order valence-corrected chi connectivity index (χ3v) is 2.33. The molecule has 92 valence electrons. The maximum Gasteiger partial charge on any atom is 0.0704 e. The zero-order chi connectivity index (χ0) is 13.2. The van der Waals surface area contributed by atoms with Crippen LogP contribution in [-0.4, -0.2) is 5.71 Å². The largest absolute Gasteiger partial charge is 0.257 e. The smallest absolute Gasteiger partial charge is 0.0704 e. The molecule has 0 unspecified atom stereocenters. The fourth-order valence-electron chi connectivity index (χ4n) is 1.48. The summed E-state index contributed by atoms with van der Waals surface area (Å²) >= 11 is 0. The SMILES string of the molecule is C=CN=C(/C=C(C)/C=C\C=C/C)c1ccccc1. The molecular formula is C17H19N. The monoisotopic (exact) mass is 237 g/mol. The summed E-state index contributed by atoms with van der Waals surface area (Å²) in [5, 5.41) is 0. The topological polar surface area (TPSA) is 12.4 Å². The van der Waals surface area contributed by atoms with Crippen LogP contribution < -0.4 is 0 Å². The second-order valence-electron chi connectivity index (χ2n) is 3.84. The molecule has 0 N–H and O–H groups in total. The van der Waals surface area contributed by atoms with Crippen LogP contribution in [-0.2, 0) is 0 Å². The van der Waals surface area contributed by atoms with E-state index in [2.05, 4.69) is 30.6 Å². The van der Waals surface area contributed by atoms with Gasteiger partial charge in [0, 0.05) is 11.8 Å². The normalized spacial score (nSPS) is 13.4. The molecule has 1 heteroatoms. The van der Waals surface area contributed by atoms with Crippen molar-refractivity contribution in [2.75, 3.05) is 0 Å². The van der Waals surface area contributed by atoms with Crippen LogP contribution in [0.5, 0.6) is 0 Å². The van der Waals surface area contributed by atoms with E-state index in [0.29, 0.717) is 0 Å². The average Bonchev–Trinajstić information content (AvgIpc) is 2.39. The van der Waals surface area contributed by atoms with E-state index in [0.717, 1.165) is 16.8 Å². The molecule has 1 nitrogen and oxygen atoms in total. The molecule has 0 spiro atoms. The van der Waals surface area contributed by atoms with Gasteiger partial charge in [0.15, 0.2) is 0 Å². The summed E-state index contributed by atoms with van der Waals surface area (Å²) in [7, 11) is 0. The minimum absolute atomic E-state index is 0.924. The summed E-state index contributed by atoms with van der Waals surface area (Å²) in [5.41, 5.74) is 3.17.